The van der Waals surface area contributed by atoms with Crippen LogP contribution in [0.4, 0.5) is 0 Å². The van der Waals surface area contributed by atoms with Crippen LogP contribution in [0, 0.1) is 17.8 Å². The van der Waals surface area contributed by atoms with Crippen molar-refractivity contribution in [2.75, 3.05) is 7.11 Å². The highest BCUT2D eigenvalue weighted by Gasteiger charge is 2.37. The minimum atomic E-state index is 0.540. The Balaban J connectivity index is 1.92. The zero-order valence-corrected chi connectivity index (χ0v) is 8.75. The van der Waals surface area contributed by atoms with Gasteiger partial charge in [-0.2, -0.15) is 5.48 Å². The van der Waals surface area contributed by atoms with Gasteiger partial charge in [-0.3, -0.25) is 0 Å². The third-order valence-corrected chi connectivity index (χ3v) is 4.05. The fourth-order valence-corrected chi connectivity index (χ4v) is 3.32. The minimum absolute atomic E-state index is 0.540. The summed E-state index contributed by atoms with van der Waals surface area (Å²) in [5.41, 5.74) is 3.10. The minimum Gasteiger partial charge on any atom is -0.305 e. The van der Waals surface area contributed by atoms with Gasteiger partial charge >= 0.3 is 0 Å². The zero-order valence-electron chi connectivity index (χ0n) is 8.75. The summed E-state index contributed by atoms with van der Waals surface area (Å²) in [6.07, 6.45) is 7.33. The van der Waals surface area contributed by atoms with Crippen LogP contribution in [-0.4, -0.2) is 13.2 Å². The summed E-state index contributed by atoms with van der Waals surface area (Å²) in [4.78, 5) is 5.01. The highest BCUT2D eigenvalue weighted by Crippen LogP contribution is 2.46. The maximum Gasteiger partial charge on any atom is 0.0572 e. The van der Waals surface area contributed by atoms with Crippen LogP contribution in [0.5, 0.6) is 0 Å². The first-order valence-electron chi connectivity index (χ1n) is 5.59. The fourth-order valence-electron chi connectivity index (χ4n) is 3.32. The van der Waals surface area contributed by atoms with Gasteiger partial charge in [0, 0.05) is 6.04 Å². The van der Waals surface area contributed by atoms with E-state index < -0.39 is 0 Å². The monoisotopic (exact) mass is 183 g/mol. The van der Waals surface area contributed by atoms with E-state index in [9.17, 15) is 0 Å². The lowest BCUT2D eigenvalue weighted by molar-refractivity contribution is -0.00111. The molecule has 76 valence electrons. The average molecular weight is 183 g/mol. The van der Waals surface area contributed by atoms with Crippen LogP contribution < -0.4 is 5.48 Å². The molecule has 2 atom stereocenters. The molecular weight excluding hydrogens is 162 g/mol. The van der Waals surface area contributed by atoms with Gasteiger partial charge in [0.05, 0.1) is 7.11 Å². The second-order valence-electron chi connectivity index (χ2n) is 4.79. The molecule has 2 heteroatoms. The van der Waals surface area contributed by atoms with Gasteiger partial charge in [-0.15, -0.1) is 0 Å². The van der Waals surface area contributed by atoms with Gasteiger partial charge in [-0.25, -0.2) is 0 Å². The molecule has 0 heterocycles. The van der Waals surface area contributed by atoms with Crippen molar-refractivity contribution in [1.29, 1.82) is 0 Å². The molecule has 0 radical (unpaired) electrons. The normalized spacial score (nSPS) is 40.6. The third kappa shape index (κ3) is 1.89. The van der Waals surface area contributed by atoms with Crippen molar-refractivity contribution in [3.05, 3.63) is 0 Å². The van der Waals surface area contributed by atoms with Gasteiger partial charge in [0.15, 0.2) is 0 Å². The second kappa shape index (κ2) is 3.97. The number of rotatable bonds is 3. The van der Waals surface area contributed by atoms with Crippen molar-refractivity contribution in [3.8, 4) is 0 Å². The number of hydroxylamine groups is 1. The van der Waals surface area contributed by atoms with E-state index in [-0.39, 0.29) is 0 Å². The third-order valence-electron chi connectivity index (χ3n) is 4.05. The first-order chi connectivity index (χ1) is 6.31. The molecule has 2 unspecified atom stereocenters. The summed E-state index contributed by atoms with van der Waals surface area (Å²) in [6, 6.07) is 0.540. The Morgan fingerprint density at radius 1 is 1.23 bits per heavy atom. The van der Waals surface area contributed by atoms with E-state index in [2.05, 4.69) is 12.4 Å². The summed E-state index contributed by atoms with van der Waals surface area (Å²) in [7, 11) is 1.72. The van der Waals surface area contributed by atoms with Gasteiger partial charge in [0.25, 0.3) is 0 Å². The fraction of sp³-hybridized carbons (Fsp3) is 1.00. The Morgan fingerprint density at radius 2 is 1.92 bits per heavy atom. The predicted molar refractivity (Wildman–Crippen MR) is 53.2 cm³/mol. The van der Waals surface area contributed by atoms with E-state index in [0.717, 1.165) is 17.8 Å². The molecule has 3 aliphatic carbocycles. The molecule has 13 heavy (non-hydrogen) atoms. The molecule has 0 aromatic carbocycles. The topological polar surface area (TPSA) is 21.3 Å². The molecule has 3 fully saturated rings. The Hall–Kier alpha value is -0.0800. The van der Waals surface area contributed by atoms with Crippen LogP contribution in [-0.2, 0) is 4.84 Å². The lowest BCUT2D eigenvalue weighted by Crippen LogP contribution is -2.43. The van der Waals surface area contributed by atoms with Gasteiger partial charge in [-0.1, -0.05) is 12.8 Å². The molecule has 0 amide bonds. The highest BCUT2D eigenvalue weighted by atomic mass is 16.6. The molecule has 0 aromatic heterocycles. The molecule has 3 rings (SSSR count). The second-order valence-corrected chi connectivity index (χ2v) is 4.79. The number of hydrogen-bond acceptors (Lipinski definition) is 2. The van der Waals surface area contributed by atoms with Crippen molar-refractivity contribution in [3.63, 3.8) is 0 Å². The molecule has 2 nitrogen and oxygen atoms in total. The van der Waals surface area contributed by atoms with Crippen LogP contribution in [0.25, 0.3) is 0 Å². The highest BCUT2D eigenvalue weighted by molar-refractivity contribution is 4.89. The van der Waals surface area contributed by atoms with Gasteiger partial charge in [0.1, 0.15) is 0 Å². The van der Waals surface area contributed by atoms with E-state index in [4.69, 9.17) is 4.84 Å². The molecule has 0 aromatic rings. The smallest absolute Gasteiger partial charge is 0.0572 e. The quantitative estimate of drug-likeness (QED) is 0.678. The molecule has 1 N–H and O–H groups in total. The van der Waals surface area contributed by atoms with E-state index >= 15 is 0 Å². The Bertz CT molecular complexity index is 163. The van der Waals surface area contributed by atoms with Gasteiger partial charge in [0.2, 0.25) is 0 Å². The van der Waals surface area contributed by atoms with E-state index in [1.54, 1.807) is 7.11 Å². The van der Waals surface area contributed by atoms with Crippen LogP contribution in [0.15, 0.2) is 0 Å². The molecule has 3 saturated carbocycles. The SMILES string of the molecule is CONC(C)C1CC2CCC1CC2. The maximum atomic E-state index is 5.01. The van der Waals surface area contributed by atoms with Crippen molar-refractivity contribution >= 4 is 0 Å². The molecule has 0 saturated heterocycles. The summed E-state index contributed by atoms with van der Waals surface area (Å²) in [5.74, 6) is 2.87. The van der Waals surface area contributed by atoms with Gasteiger partial charge < -0.3 is 4.84 Å². The molecular formula is C11H21NO. The van der Waals surface area contributed by atoms with Crippen LogP contribution >= 0.6 is 0 Å². The van der Waals surface area contributed by atoms with Crippen molar-refractivity contribution < 1.29 is 4.84 Å². The van der Waals surface area contributed by atoms with Crippen molar-refractivity contribution in [2.24, 2.45) is 17.8 Å². The van der Waals surface area contributed by atoms with Crippen LogP contribution in [0.1, 0.15) is 39.0 Å². The maximum absolute atomic E-state index is 5.01. The molecule has 0 aliphatic heterocycles. The van der Waals surface area contributed by atoms with Crippen LogP contribution in [0.3, 0.4) is 0 Å². The van der Waals surface area contributed by atoms with Crippen molar-refractivity contribution in [1.82, 2.24) is 5.48 Å². The summed E-state index contributed by atoms with van der Waals surface area (Å²) < 4.78 is 0. The van der Waals surface area contributed by atoms with E-state index in [0.29, 0.717) is 6.04 Å². The van der Waals surface area contributed by atoms with E-state index in [1.165, 1.54) is 32.1 Å². The molecule has 0 spiro atoms. The Labute approximate surface area is 81.0 Å². The largest absolute Gasteiger partial charge is 0.305 e. The average Bonchev–Trinajstić information content (AvgIpc) is 2.20. The first kappa shape index (κ1) is 9.47. The van der Waals surface area contributed by atoms with Crippen molar-refractivity contribution in [2.45, 2.75) is 45.1 Å². The predicted octanol–water partition coefficient (Wildman–Crippen LogP) is 2.35. The summed E-state index contributed by atoms with van der Waals surface area (Å²) >= 11 is 0. The standard InChI is InChI=1S/C11H21NO/c1-8(12-13-2)11-7-9-3-5-10(11)6-4-9/h8-12H,3-7H2,1-2H3. The van der Waals surface area contributed by atoms with E-state index in [1.807, 2.05) is 0 Å². The van der Waals surface area contributed by atoms with Gasteiger partial charge in [-0.05, 0) is 43.9 Å². The zero-order chi connectivity index (χ0) is 9.26. The summed E-state index contributed by atoms with van der Waals surface area (Å²) in [6.45, 7) is 2.26. The Morgan fingerprint density at radius 3 is 2.38 bits per heavy atom. The molecule has 2 bridgehead atoms. The number of fused-ring (bicyclic) bond motifs is 3. The lowest BCUT2D eigenvalue weighted by Gasteiger charge is -2.44. The Kier molecular flexibility index (Phi) is 2.89. The number of nitrogens with one attached hydrogen (secondary N) is 1. The summed E-state index contributed by atoms with van der Waals surface area (Å²) in [5, 5.41) is 0. The lowest BCUT2D eigenvalue weighted by atomic mass is 9.63. The first-order valence-corrected chi connectivity index (χ1v) is 5.59. The molecule has 3 aliphatic rings. The van der Waals surface area contributed by atoms with Crippen LogP contribution in [0.2, 0.25) is 0 Å². The number of hydrogen-bond donors (Lipinski definition) is 1.